The lowest BCUT2D eigenvalue weighted by Crippen LogP contribution is -2.20. The molecule has 0 radical (unpaired) electrons. The van der Waals surface area contributed by atoms with Gasteiger partial charge >= 0.3 is 12.3 Å². The minimum atomic E-state index is -4.98. The van der Waals surface area contributed by atoms with Crippen molar-refractivity contribution in [1.82, 2.24) is 0 Å². The van der Waals surface area contributed by atoms with Crippen LogP contribution in [0, 0.1) is 0 Å². The van der Waals surface area contributed by atoms with E-state index in [1.54, 1.807) is 0 Å². The fraction of sp³-hybridized carbons (Fsp3) is 0.222. The van der Waals surface area contributed by atoms with Crippen LogP contribution in [0.5, 0.6) is 5.75 Å². The van der Waals surface area contributed by atoms with Gasteiger partial charge in [-0.15, -0.1) is 25.8 Å². The van der Waals surface area contributed by atoms with Gasteiger partial charge in [0, 0.05) is 10.5 Å². The normalized spacial score (nSPS) is 13.2. The van der Waals surface area contributed by atoms with Crippen LogP contribution >= 0.6 is 12.6 Å². The molecule has 0 bridgehead atoms. The van der Waals surface area contributed by atoms with Gasteiger partial charge in [-0.25, -0.2) is 4.79 Å². The monoisotopic (exact) mass is 268 g/mol. The molecule has 0 aliphatic carbocycles. The van der Waals surface area contributed by atoms with E-state index in [2.05, 4.69) is 17.4 Å². The number of benzene rings is 1. The quantitative estimate of drug-likeness (QED) is 0.733. The zero-order valence-corrected chi connectivity index (χ0v) is 9.00. The summed E-state index contributed by atoms with van der Waals surface area (Å²) in [4.78, 5) is 10.4. The Balaban J connectivity index is 3.22. The third-order valence-corrected chi connectivity index (χ3v) is 2.17. The van der Waals surface area contributed by atoms with Crippen molar-refractivity contribution in [2.45, 2.75) is 17.4 Å². The Bertz CT molecular complexity index is 433. The van der Waals surface area contributed by atoms with E-state index in [1.807, 2.05) is 0 Å². The maximum atomic E-state index is 12.0. The molecule has 94 valence electrons. The van der Waals surface area contributed by atoms with E-state index >= 15 is 0 Å². The van der Waals surface area contributed by atoms with Crippen molar-refractivity contribution < 1.29 is 32.9 Å². The minimum absolute atomic E-state index is 0.110. The number of aliphatic carboxylic acids is 1. The van der Waals surface area contributed by atoms with Gasteiger partial charge in [-0.1, -0.05) is 6.07 Å². The molecule has 0 aliphatic rings. The zero-order valence-electron chi connectivity index (χ0n) is 8.10. The van der Waals surface area contributed by atoms with Gasteiger partial charge in [-0.3, -0.25) is 0 Å². The van der Waals surface area contributed by atoms with Crippen molar-refractivity contribution in [1.29, 1.82) is 0 Å². The number of carboxylic acids is 1. The molecule has 17 heavy (non-hydrogen) atoms. The minimum Gasteiger partial charge on any atom is -0.479 e. The molecule has 1 atom stereocenters. The van der Waals surface area contributed by atoms with Crippen LogP contribution in [0.25, 0.3) is 0 Å². The number of aliphatic hydroxyl groups is 1. The van der Waals surface area contributed by atoms with Crippen LogP contribution in [0.2, 0.25) is 0 Å². The van der Waals surface area contributed by atoms with Gasteiger partial charge in [-0.2, -0.15) is 0 Å². The van der Waals surface area contributed by atoms with Crippen LogP contribution in [0.1, 0.15) is 11.7 Å². The van der Waals surface area contributed by atoms with Crippen LogP contribution < -0.4 is 4.74 Å². The first-order valence-corrected chi connectivity index (χ1v) is 4.65. The van der Waals surface area contributed by atoms with E-state index < -0.39 is 29.7 Å². The highest BCUT2D eigenvalue weighted by molar-refractivity contribution is 7.80. The molecule has 1 rings (SSSR count). The predicted molar refractivity (Wildman–Crippen MR) is 53.0 cm³/mol. The third-order valence-electron chi connectivity index (χ3n) is 1.78. The molecule has 4 nitrogen and oxygen atoms in total. The number of hydrogen-bond acceptors (Lipinski definition) is 4. The molecule has 1 aromatic rings. The average Bonchev–Trinajstić information content (AvgIpc) is 2.14. The summed E-state index contributed by atoms with van der Waals surface area (Å²) in [5.74, 6) is -2.49. The van der Waals surface area contributed by atoms with Gasteiger partial charge in [-0.05, 0) is 12.1 Å². The number of aliphatic hydroxyl groups excluding tert-OH is 1. The van der Waals surface area contributed by atoms with Gasteiger partial charge < -0.3 is 14.9 Å². The SMILES string of the molecule is O=C(O)C(O)c1c(S)cccc1OC(F)(F)F. The fourth-order valence-electron chi connectivity index (χ4n) is 1.14. The first kappa shape index (κ1) is 13.7. The van der Waals surface area contributed by atoms with Gasteiger partial charge in [0.1, 0.15) is 5.75 Å². The van der Waals surface area contributed by atoms with Crippen molar-refractivity contribution in [3.05, 3.63) is 23.8 Å². The van der Waals surface area contributed by atoms with E-state index in [1.165, 1.54) is 12.1 Å². The number of thiol groups is 1. The van der Waals surface area contributed by atoms with Crippen LogP contribution in [0.4, 0.5) is 13.2 Å². The standard InChI is InChI=1S/C9H7F3O4S/c10-9(11,12)16-4-2-1-3-5(17)6(4)7(13)8(14)15/h1-3,7,13,17H,(H,14,15). The van der Waals surface area contributed by atoms with Crippen molar-refractivity contribution in [3.8, 4) is 5.75 Å². The molecule has 0 aromatic heterocycles. The molecule has 1 unspecified atom stereocenters. The maximum absolute atomic E-state index is 12.0. The number of carboxylic acid groups (broad SMARTS) is 1. The Hall–Kier alpha value is -1.41. The smallest absolute Gasteiger partial charge is 0.479 e. The maximum Gasteiger partial charge on any atom is 0.573 e. The second kappa shape index (κ2) is 4.84. The molecule has 8 heteroatoms. The summed E-state index contributed by atoms with van der Waals surface area (Å²) >= 11 is 3.78. The van der Waals surface area contributed by atoms with Crippen LogP contribution in [-0.2, 0) is 4.79 Å². The molecular formula is C9H7F3O4S. The highest BCUT2D eigenvalue weighted by atomic mass is 32.1. The summed E-state index contributed by atoms with van der Waals surface area (Å²) in [6.07, 6.45) is -7.12. The lowest BCUT2D eigenvalue weighted by atomic mass is 10.1. The number of ether oxygens (including phenoxy) is 1. The number of hydrogen-bond donors (Lipinski definition) is 3. The Kier molecular flexibility index (Phi) is 3.89. The van der Waals surface area contributed by atoms with Gasteiger partial charge in [0.05, 0.1) is 0 Å². The van der Waals surface area contributed by atoms with Gasteiger partial charge in [0.25, 0.3) is 0 Å². The largest absolute Gasteiger partial charge is 0.573 e. The van der Waals surface area contributed by atoms with Crippen molar-refractivity contribution in [2.75, 3.05) is 0 Å². The first-order valence-electron chi connectivity index (χ1n) is 4.21. The van der Waals surface area contributed by atoms with Gasteiger partial charge in [0.15, 0.2) is 6.10 Å². The molecule has 0 spiro atoms. The Morgan fingerprint density at radius 1 is 1.41 bits per heavy atom. The molecule has 0 fully saturated rings. The van der Waals surface area contributed by atoms with Crippen LogP contribution in [0.15, 0.2) is 23.1 Å². The Morgan fingerprint density at radius 3 is 2.47 bits per heavy atom. The molecule has 0 saturated carbocycles. The van der Waals surface area contributed by atoms with E-state index in [-0.39, 0.29) is 4.90 Å². The number of halogens is 3. The molecule has 0 amide bonds. The summed E-state index contributed by atoms with van der Waals surface area (Å²) in [5, 5.41) is 17.8. The number of alkyl halides is 3. The van der Waals surface area contributed by atoms with Gasteiger partial charge in [0.2, 0.25) is 0 Å². The number of rotatable bonds is 3. The van der Waals surface area contributed by atoms with E-state index in [4.69, 9.17) is 5.11 Å². The molecule has 2 N–H and O–H groups in total. The summed E-state index contributed by atoms with van der Waals surface area (Å²) in [7, 11) is 0. The zero-order chi connectivity index (χ0) is 13.2. The summed E-state index contributed by atoms with van der Waals surface area (Å²) in [6.45, 7) is 0. The lowest BCUT2D eigenvalue weighted by Gasteiger charge is -2.16. The second-order valence-electron chi connectivity index (χ2n) is 2.98. The van der Waals surface area contributed by atoms with Crippen molar-refractivity contribution in [3.63, 3.8) is 0 Å². The average molecular weight is 268 g/mol. The molecular weight excluding hydrogens is 261 g/mol. The highest BCUT2D eigenvalue weighted by Gasteiger charge is 2.34. The van der Waals surface area contributed by atoms with E-state index in [9.17, 15) is 23.1 Å². The molecule has 0 heterocycles. The van der Waals surface area contributed by atoms with E-state index in [0.29, 0.717) is 0 Å². The molecule has 0 saturated heterocycles. The topological polar surface area (TPSA) is 66.8 Å². The first-order chi connectivity index (χ1) is 7.72. The fourth-order valence-corrected chi connectivity index (χ4v) is 1.46. The van der Waals surface area contributed by atoms with Crippen molar-refractivity contribution >= 4 is 18.6 Å². The highest BCUT2D eigenvalue weighted by Crippen LogP contribution is 2.34. The van der Waals surface area contributed by atoms with Crippen molar-refractivity contribution in [2.24, 2.45) is 0 Å². The predicted octanol–water partition coefficient (Wildman–Crippen LogP) is 1.99. The summed E-state index contributed by atoms with van der Waals surface area (Å²) < 4.78 is 39.7. The lowest BCUT2D eigenvalue weighted by molar-refractivity contribution is -0.275. The summed E-state index contributed by atoms with van der Waals surface area (Å²) in [6, 6.07) is 3.34. The molecule has 0 aliphatic heterocycles. The second-order valence-corrected chi connectivity index (χ2v) is 3.46. The number of carbonyl (C=O) groups is 1. The third kappa shape index (κ3) is 3.53. The summed E-state index contributed by atoms with van der Waals surface area (Å²) in [5.41, 5.74) is -0.541. The molecule has 1 aromatic carbocycles. The van der Waals surface area contributed by atoms with E-state index in [0.717, 1.165) is 6.07 Å². The van der Waals surface area contributed by atoms with Crippen LogP contribution in [0.3, 0.4) is 0 Å². The Morgan fingerprint density at radius 2 is 2.00 bits per heavy atom. The van der Waals surface area contributed by atoms with Crippen LogP contribution in [-0.4, -0.2) is 22.5 Å². The Labute approximate surface area is 99.0 Å².